The molecule has 3 aromatic carbocycles. The second-order valence-electron chi connectivity index (χ2n) is 8.38. The van der Waals surface area contributed by atoms with E-state index in [2.05, 4.69) is 10.3 Å². The monoisotopic (exact) mass is 503 g/mol. The summed E-state index contributed by atoms with van der Waals surface area (Å²) in [7, 11) is 6.44. The van der Waals surface area contributed by atoms with E-state index in [9.17, 15) is 9.59 Å². The van der Waals surface area contributed by atoms with Gasteiger partial charge in [0.25, 0.3) is 5.91 Å². The summed E-state index contributed by atoms with van der Waals surface area (Å²) in [6, 6.07) is 17.7. The highest BCUT2D eigenvalue weighted by Crippen LogP contribution is 2.44. The van der Waals surface area contributed by atoms with Crippen molar-refractivity contribution in [1.29, 1.82) is 0 Å². The number of hydrogen-bond acceptors (Lipinski definition) is 7. The minimum Gasteiger partial charge on any atom is -0.497 e. The molecule has 0 unspecified atom stereocenters. The van der Waals surface area contributed by atoms with Crippen LogP contribution < -0.4 is 19.5 Å². The fourth-order valence-corrected chi connectivity index (χ4v) is 5.58. The number of hydrogen-bond donors (Lipinski definition) is 1. The lowest BCUT2D eigenvalue weighted by molar-refractivity contribution is -0.119. The second kappa shape index (κ2) is 9.50. The van der Waals surface area contributed by atoms with Gasteiger partial charge in [0.15, 0.2) is 16.6 Å². The number of ether oxygens (including phenoxy) is 3. The number of nitrogens with one attached hydrogen (secondary N) is 1. The minimum absolute atomic E-state index is 0.151. The molecule has 8 nitrogen and oxygen atoms in total. The molecule has 2 heterocycles. The summed E-state index contributed by atoms with van der Waals surface area (Å²) in [5, 5.41) is 3.48. The number of fused-ring (bicyclic) bond motifs is 2. The number of nitrogens with zero attached hydrogens (tertiary/aromatic N) is 2. The SMILES string of the molecule is COc1ccc2nc(NC(=O)[C@@H]3c4ccccc4C(=O)N(C)[C@@H]3c3ccc(OC)c(OC)c3)sc2c1. The van der Waals surface area contributed by atoms with Gasteiger partial charge in [-0.05, 0) is 47.5 Å². The van der Waals surface area contributed by atoms with Crippen molar-refractivity contribution in [2.75, 3.05) is 33.7 Å². The highest BCUT2D eigenvalue weighted by molar-refractivity contribution is 7.22. The average molecular weight is 504 g/mol. The fourth-order valence-electron chi connectivity index (χ4n) is 4.68. The van der Waals surface area contributed by atoms with Crippen molar-refractivity contribution < 1.29 is 23.8 Å². The van der Waals surface area contributed by atoms with Gasteiger partial charge in [-0.2, -0.15) is 0 Å². The van der Waals surface area contributed by atoms with Crippen LogP contribution in [0.2, 0.25) is 0 Å². The maximum atomic E-state index is 13.9. The molecule has 36 heavy (non-hydrogen) atoms. The van der Waals surface area contributed by atoms with Crippen LogP contribution in [-0.2, 0) is 4.79 Å². The molecule has 1 N–H and O–H groups in total. The lowest BCUT2D eigenvalue weighted by atomic mass is 9.79. The zero-order chi connectivity index (χ0) is 25.4. The Morgan fingerprint density at radius 2 is 1.75 bits per heavy atom. The lowest BCUT2D eigenvalue weighted by Gasteiger charge is -2.39. The van der Waals surface area contributed by atoms with E-state index in [1.54, 1.807) is 51.5 Å². The van der Waals surface area contributed by atoms with E-state index in [-0.39, 0.29) is 11.8 Å². The largest absolute Gasteiger partial charge is 0.497 e. The number of rotatable bonds is 6. The van der Waals surface area contributed by atoms with Crippen molar-refractivity contribution in [3.05, 3.63) is 77.4 Å². The summed E-state index contributed by atoms with van der Waals surface area (Å²) < 4.78 is 17.1. The molecule has 1 aromatic heterocycles. The Balaban J connectivity index is 1.58. The van der Waals surface area contributed by atoms with E-state index >= 15 is 0 Å². The van der Waals surface area contributed by atoms with E-state index in [0.29, 0.717) is 27.8 Å². The number of likely N-dealkylation sites (N-methyl/N-ethyl adjacent to an activating group) is 1. The van der Waals surface area contributed by atoms with Crippen molar-refractivity contribution in [3.63, 3.8) is 0 Å². The summed E-state index contributed by atoms with van der Waals surface area (Å²) in [4.78, 5) is 33.4. The molecular formula is C27H25N3O5S. The molecule has 1 aliphatic rings. The van der Waals surface area contributed by atoms with Crippen LogP contribution in [0.3, 0.4) is 0 Å². The zero-order valence-corrected chi connectivity index (χ0v) is 21.1. The highest BCUT2D eigenvalue weighted by atomic mass is 32.1. The molecule has 4 aromatic rings. The van der Waals surface area contributed by atoms with Gasteiger partial charge in [-0.15, -0.1) is 0 Å². The summed E-state index contributed by atoms with van der Waals surface area (Å²) in [5.74, 6) is 0.725. The molecule has 0 bridgehead atoms. The van der Waals surface area contributed by atoms with Crippen LogP contribution in [0.4, 0.5) is 5.13 Å². The number of methoxy groups -OCH3 is 3. The third-order valence-electron chi connectivity index (χ3n) is 6.44. The number of amides is 2. The number of thiazole rings is 1. The first-order valence-electron chi connectivity index (χ1n) is 11.3. The van der Waals surface area contributed by atoms with Gasteiger partial charge in [-0.1, -0.05) is 35.6 Å². The summed E-state index contributed by atoms with van der Waals surface area (Å²) in [6.45, 7) is 0. The predicted octanol–water partition coefficient (Wildman–Crippen LogP) is 4.87. The Morgan fingerprint density at radius 1 is 0.972 bits per heavy atom. The molecule has 184 valence electrons. The molecule has 2 amide bonds. The van der Waals surface area contributed by atoms with E-state index in [0.717, 1.165) is 21.5 Å². The van der Waals surface area contributed by atoms with Crippen LogP contribution in [0.25, 0.3) is 10.2 Å². The summed E-state index contributed by atoms with van der Waals surface area (Å²) >= 11 is 1.37. The van der Waals surface area contributed by atoms with Crippen LogP contribution in [0.5, 0.6) is 17.2 Å². The summed E-state index contributed by atoms with van der Waals surface area (Å²) in [6.07, 6.45) is 0. The van der Waals surface area contributed by atoms with E-state index < -0.39 is 12.0 Å². The van der Waals surface area contributed by atoms with Gasteiger partial charge in [0, 0.05) is 12.6 Å². The Bertz CT molecular complexity index is 1470. The molecule has 0 saturated heterocycles. The molecule has 2 atom stereocenters. The van der Waals surface area contributed by atoms with Crippen LogP contribution in [0.1, 0.15) is 33.4 Å². The molecule has 5 rings (SSSR count). The topological polar surface area (TPSA) is 90.0 Å². The van der Waals surface area contributed by atoms with Crippen molar-refractivity contribution >= 4 is 38.5 Å². The smallest absolute Gasteiger partial charge is 0.254 e. The van der Waals surface area contributed by atoms with Gasteiger partial charge in [-0.3, -0.25) is 9.59 Å². The lowest BCUT2D eigenvalue weighted by Crippen LogP contribution is -2.44. The van der Waals surface area contributed by atoms with Gasteiger partial charge < -0.3 is 24.4 Å². The molecule has 0 radical (unpaired) electrons. The zero-order valence-electron chi connectivity index (χ0n) is 20.3. The van der Waals surface area contributed by atoms with Crippen molar-refractivity contribution in [3.8, 4) is 17.2 Å². The second-order valence-corrected chi connectivity index (χ2v) is 9.41. The maximum absolute atomic E-state index is 13.9. The predicted molar refractivity (Wildman–Crippen MR) is 138 cm³/mol. The van der Waals surface area contributed by atoms with Crippen molar-refractivity contribution in [1.82, 2.24) is 9.88 Å². The number of benzene rings is 3. The van der Waals surface area contributed by atoms with Gasteiger partial charge in [0.1, 0.15) is 5.75 Å². The standard InChI is InChI=1S/C27H25N3O5S/c1-30-24(15-9-12-20(34-3)21(13-15)35-4)23(17-7-5-6-8-18(17)26(30)32)25(31)29-27-28-19-11-10-16(33-2)14-22(19)36-27/h5-14,23-24H,1-4H3,(H,28,29,31)/t23-,24-/m1/s1. The Labute approximate surface area is 212 Å². The van der Waals surface area contributed by atoms with E-state index in [1.165, 1.54) is 11.3 Å². The Kier molecular flexibility index (Phi) is 6.24. The molecule has 0 saturated carbocycles. The van der Waals surface area contributed by atoms with Gasteiger partial charge >= 0.3 is 0 Å². The van der Waals surface area contributed by atoms with Crippen LogP contribution in [-0.4, -0.2) is 50.1 Å². The van der Waals surface area contributed by atoms with Gasteiger partial charge in [-0.25, -0.2) is 4.98 Å². The Morgan fingerprint density at radius 3 is 2.50 bits per heavy atom. The fraction of sp³-hybridized carbons (Fsp3) is 0.222. The van der Waals surface area contributed by atoms with E-state index in [4.69, 9.17) is 14.2 Å². The van der Waals surface area contributed by atoms with Crippen molar-refractivity contribution in [2.24, 2.45) is 0 Å². The van der Waals surface area contributed by atoms with Gasteiger partial charge in [0.2, 0.25) is 5.91 Å². The third-order valence-corrected chi connectivity index (χ3v) is 7.37. The van der Waals surface area contributed by atoms with Crippen LogP contribution >= 0.6 is 11.3 Å². The highest BCUT2D eigenvalue weighted by Gasteiger charge is 2.43. The molecular weight excluding hydrogens is 478 g/mol. The van der Waals surface area contributed by atoms with Crippen molar-refractivity contribution in [2.45, 2.75) is 12.0 Å². The molecule has 0 aliphatic carbocycles. The molecule has 0 fully saturated rings. The third kappa shape index (κ3) is 4.01. The van der Waals surface area contributed by atoms with Gasteiger partial charge in [0.05, 0.1) is 43.5 Å². The normalized spacial score (nSPS) is 17.0. The first-order valence-corrected chi connectivity index (χ1v) is 12.1. The average Bonchev–Trinajstić information content (AvgIpc) is 3.31. The number of aromatic nitrogens is 1. The minimum atomic E-state index is -0.677. The Hall–Kier alpha value is -4.11. The molecule has 9 heteroatoms. The summed E-state index contributed by atoms with van der Waals surface area (Å²) in [5.41, 5.74) is 2.70. The molecule has 1 aliphatic heterocycles. The molecule has 0 spiro atoms. The first-order chi connectivity index (χ1) is 17.4. The first kappa shape index (κ1) is 23.6. The van der Waals surface area contributed by atoms with E-state index in [1.807, 2.05) is 42.5 Å². The van der Waals surface area contributed by atoms with Crippen LogP contribution in [0.15, 0.2) is 60.7 Å². The maximum Gasteiger partial charge on any atom is 0.254 e. The number of carbonyl (C=O) groups is 2. The number of carbonyl (C=O) groups excluding carboxylic acids is 2. The van der Waals surface area contributed by atoms with Crippen LogP contribution in [0, 0.1) is 0 Å². The number of anilines is 1. The quantitative estimate of drug-likeness (QED) is 0.404.